The molecule has 96 valence electrons. The normalized spacial score (nSPS) is 16.8. The van der Waals surface area contributed by atoms with E-state index >= 15 is 0 Å². The molecule has 11 heteroatoms. The van der Waals surface area contributed by atoms with Crippen LogP contribution in [0.4, 0.5) is 0 Å². The van der Waals surface area contributed by atoms with Gasteiger partial charge in [-0.05, 0) is 0 Å². The molecular weight excluding hydrogens is 384 g/mol. The summed E-state index contributed by atoms with van der Waals surface area (Å²) in [5.41, 5.74) is 0. The van der Waals surface area contributed by atoms with Gasteiger partial charge in [0.2, 0.25) is 0 Å². The van der Waals surface area contributed by atoms with E-state index in [4.69, 9.17) is 20.4 Å². The molecule has 0 aliphatic rings. The van der Waals surface area contributed by atoms with E-state index in [1.165, 1.54) is 0 Å². The molecule has 0 unspecified atom stereocenters. The number of ketones is 1. The number of hydrogen-bond acceptors (Lipinski definition) is 9. The Morgan fingerprint density at radius 1 is 1.29 bits per heavy atom. The Kier molecular flexibility index (Phi) is 11.0. The second-order valence-electron chi connectivity index (χ2n) is 2.87. The number of aliphatic hydroxyl groups is 4. The SMILES string of the molecule is O=C(CO)[C@@H](O)[C@H](O)[C@H](O)COP(=O)([O-])[O-].[Ba+2]. The van der Waals surface area contributed by atoms with Crippen molar-refractivity contribution in [2.45, 2.75) is 18.3 Å². The molecule has 0 spiro atoms. The van der Waals surface area contributed by atoms with Crippen molar-refractivity contribution in [1.29, 1.82) is 0 Å². The number of rotatable bonds is 7. The Hall–Kier alpha value is 1.19. The molecular formula is C6H11BaO9P. The van der Waals surface area contributed by atoms with Gasteiger partial charge in [-0.15, -0.1) is 0 Å². The number of phosphoric ester groups is 1. The summed E-state index contributed by atoms with van der Waals surface area (Å²) in [6.07, 6.45) is -6.12. The maximum atomic E-state index is 10.7. The summed E-state index contributed by atoms with van der Waals surface area (Å²) >= 11 is 0. The second-order valence-corrected chi connectivity index (χ2v) is 4.02. The maximum Gasteiger partial charge on any atom is 2.00 e. The average Bonchev–Trinajstić information content (AvgIpc) is 2.21. The first kappa shape index (κ1) is 20.5. The minimum atomic E-state index is -5.31. The van der Waals surface area contributed by atoms with Crippen molar-refractivity contribution in [2.24, 2.45) is 0 Å². The summed E-state index contributed by atoms with van der Waals surface area (Å²) in [6.45, 7) is -2.16. The molecule has 4 N–H and O–H groups in total. The molecule has 0 rings (SSSR count). The zero-order valence-electron chi connectivity index (χ0n) is 8.63. The molecule has 0 radical (unpaired) electrons. The van der Waals surface area contributed by atoms with Gasteiger partial charge in [0.25, 0.3) is 0 Å². The first-order valence-corrected chi connectivity index (χ1v) is 5.49. The minimum absolute atomic E-state index is 0. The van der Waals surface area contributed by atoms with Gasteiger partial charge in [0.1, 0.15) is 24.9 Å². The first-order valence-electron chi connectivity index (χ1n) is 4.03. The van der Waals surface area contributed by atoms with Crippen LogP contribution in [-0.4, -0.2) is 107 Å². The van der Waals surface area contributed by atoms with Crippen molar-refractivity contribution in [3.8, 4) is 0 Å². The van der Waals surface area contributed by atoms with Crippen LogP contribution in [0.25, 0.3) is 0 Å². The summed E-state index contributed by atoms with van der Waals surface area (Å²) in [6, 6.07) is 0. The summed E-state index contributed by atoms with van der Waals surface area (Å²) < 4.78 is 13.6. The summed E-state index contributed by atoms with van der Waals surface area (Å²) in [5.74, 6) is -1.17. The smallest absolute Gasteiger partial charge is 0.790 e. The topological polar surface area (TPSA) is 170 Å². The van der Waals surface area contributed by atoms with Crippen LogP contribution in [0, 0.1) is 0 Å². The van der Waals surface area contributed by atoms with Crippen LogP contribution in [0.15, 0.2) is 0 Å². The van der Waals surface area contributed by atoms with Gasteiger partial charge in [0.15, 0.2) is 5.78 Å². The van der Waals surface area contributed by atoms with Gasteiger partial charge in [-0.1, -0.05) is 0 Å². The van der Waals surface area contributed by atoms with Crippen molar-refractivity contribution in [2.75, 3.05) is 13.2 Å². The Morgan fingerprint density at radius 3 is 2.12 bits per heavy atom. The van der Waals surface area contributed by atoms with E-state index < -0.39 is 45.1 Å². The van der Waals surface area contributed by atoms with Gasteiger partial charge in [-0.2, -0.15) is 0 Å². The Balaban J connectivity index is 0. The van der Waals surface area contributed by atoms with Gasteiger partial charge in [0, 0.05) is 0 Å². The molecule has 0 bridgehead atoms. The van der Waals surface area contributed by atoms with Crippen LogP contribution in [0.2, 0.25) is 0 Å². The molecule has 0 heterocycles. The van der Waals surface area contributed by atoms with E-state index in [2.05, 4.69) is 4.52 Å². The molecule has 0 amide bonds. The number of aliphatic hydroxyl groups excluding tert-OH is 4. The predicted molar refractivity (Wildman–Crippen MR) is 49.4 cm³/mol. The van der Waals surface area contributed by atoms with Gasteiger partial charge in [-0.3, -0.25) is 4.79 Å². The molecule has 17 heavy (non-hydrogen) atoms. The van der Waals surface area contributed by atoms with E-state index in [9.17, 15) is 19.1 Å². The van der Waals surface area contributed by atoms with Gasteiger partial charge in [-0.25, -0.2) is 0 Å². The summed E-state index contributed by atoms with van der Waals surface area (Å²) in [5, 5.41) is 35.4. The quantitative estimate of drug-likeness (QED) is 0.244. The molecule has 0 aliphatic heterocycles. The monoisotopic (exact) mass is 396 g/mol. The van der Waals surface area contributed by atoms with Crippen molar-refractivity contribution in [1.82, 2.24) is 0 Å². The maximum absolute atomic E-state index is 10.7. The molecule has 0 aromatic heterocycles. The van der Waals surface area contributed by atoms with Crippen LogP contribution < -0.4 is 9.79 Å². The number of Topliss-reactive ketones (excluding diaryl/α,β-unsaturated/α-hetero) is 1. The number of phosphoric acid groups is 1. The number of hydrogen-bond donors (Lipinski definition) is 4. The third kappa shape index (κ3) is 8.83. The molecule has 0 aromatic carbocycles. The third-order valence-electron chi connectivity index (χ3n) is 1.61. The summed E-state index contributed by atoms with van der Waals surface area (Å²) in [7, 11) is -5.31. The molecule has 0 aliphatic carbocycles. The Bertz CT molecular complexity index is 279. The van der Waals surface area contributed by atoms with Gasteiger partial charge >= 0.3 is 48.9 Å². The van der Waals surface area contributed by atoms with Crippen molar-refractivity contribution in [3.05, 3.63) is 0 Å². The van der Waals surface area contributed by atoms with E-state index in [1.807, 2.05) is 0 Å². The van der Waals surface area contributed by atoms with Crippen molar-refractivity contribution < 1.29 is 44.1 Å². The molecule has 3 atom stereocenters. The van der Waals surface area contributed by atoms with Crippen LogP contribution in [-0.2, 0) is 13.9 Å². The van der Waals surface area contributed by atoms with E-state index in [0.29, 0.717) is 0 Å². The van der Waals surface area contributed by atoms with Crippen LogP contribution >= 0.6 is 7.82 Å². The Labute approximate surface area is 137 Å². The molecule has 0 fully saturated rings. The summed E-state index contributed by atoms with van der Waals surface area (Å²) in [4.78, 5) is 30.7. The van der Waals surface area contributed by atoms with E-state index in [0.717, 1.165) is 0 Å². The minimum Gasteiger partial charge on any atom is -0.790 e. The third-order valence-corrected chi connectivity index (χ3v) is 2.07. The van der Waals surface area contributed by atoms with E-state index in [-0.39, 0.29) is 48.9 Å². The predicted octanol–water partition coefficient (Wildman–Crippen LogP) is -4.90. The molecule has 9 nitrogen and oxygen atoms in total. The Morgan fingerprint density at radius 2 is 1.76 bits per heavy atom. The van der Waals surface area contributed by atoms with Gasteiger partial charge < -0.3 is 39.3 Å². The standard InChI is InChI=1S/C6H13O9P.Ba/c7-1-3(8)5(10)6(11)4(9)2-15-16(12,13)14;/h4-7,9-11H,1-2H2,(H2,12,13,14);/q;+2/p-2/t4-,5-,6-;/m1./s1. The molecule has 0 aromatic rings. The number of carbonyl (C=O) groups is 1. The zero-order chi connectivity index (χ0) is 12.9. The van der Waals surface area contributed by atoms with Crippen molar-refractivity contribution in [3.63, 3.8) is 0 Å². The zero-order valence-corrected chi connectivity index (χ0v) is 14.0. The van der Waals surface area contributed by atoms with E-state index in [1.54, 1.807) is 0 Å². The molecule has 0 saturated carbocycles. The fourth-order valence-corrected chi connectivity index (χ4v) is 1.10. The van der Waals surface area contributed by atoms with Crippen molar-refractivity contribution >= 4 is 62.5 Å². The molecule has 0 saturated heterocycles. The largest absolute Gasteiger partial charge is 2.00 e. The second kappa shape index (κ2) is 9.15. The number of carbonyl (C=O) groups excluding carboxylic acids is 1. The van der Waals surface area contributed by atoms with Crippen LogP contribution in [0.5, 0.6) is 0 Å². The fraction of sp³-hybridized carbons (Fsp3) is 0.833. The van der Waals surface area contributed by atoms with Crippen LogP contribution in [0.1, 0.15) is 0 Å². The van der Waals surface area contributed by atoms with Crippen LogP contribution in [0.3, 0.4) is 0 Å². The fourth-order valence-electron chi connectivity index (χ4n) is 0.761. The first-order chi connectivity index (χ1) is 7.19. The average molecular weight is 395 g/mol. The van der Waals surface area contributed by atoms with Gasteiger partial charge in [0.05, 0.1) is 14.4 Å².